The van der Waals surface area contributed by atoms with Gasteiger partial charge < -0.3 is 9.47 Å². The summed E-state index contributed by atoms with van der Waals surface area (Å²) in [7, 11) is 0. The summed E-state index contributed by atoms with van der Waals surface area (Å²) in [5, 5.41) is 7.90. The second-order valence-corrected chi connectivity index (χ2v) is 8.33. The van der Waals surface area contributed by atoms with E-state index in [9.17, 15) is 9.18 Å². The SMILES string of the molecule is O=C(c1ccc2c(c1)OCCO2)N(/N=C/c1cccs1)c1nc2ccc(F)cc2s1. The number of carbonyl (C=O) groups excluding carboxylic acids is 1. The third kappa shape index (κ3) is 3.64. The summed E-state index contributed by atoms with van der Waals surface area (Å²) in [6.07, 6.45) is 1.60. The van der Waals surface area contributed by atoms with Crippen LogP contribution in [-0.4, -0.2) is 30.3 Å². The predicted octanol–water partition coefficient (Wildman–Crippen LogP) is 4.95. The summed E-state index contributed by atoms with van der Waals surface area (Å²) in [6, 6.07) is 13.1. The molecule has 0 aliphatic carbocycles. The number of rotatable bonds is 4. The molecule has 1 aliphatic rings. The molecule has 5 rings (SSSR count). The zero-order valence-electron chi connectivity index (χ0n) is 15.4. The van der Waals surface area contributed by atoms with Crippen LogP contribution in [0.1, 0.15) is 15.2 Å². The molecule has 0 atom stereocenters. The van der Waals surface area contributed by atoms with E-state index in [1.54, 1.807) is 30.5 Å². The second-order valence-electron chi connectivity index (χ2n) is 6.34. The fourth-order valence-electron chi connectivity index (χ4n) is 2.94. The second kappa shape index (κ2) is 7.85. The third-order valence-corrected chi connectivity index (χ3v) is 6.15. The van der Waals surface area contributed by atoms with Crippen LogP contribution in [0.25, 0.3) is 10.2 Å². The maximum Gasteiger partial charge on any atom is 0.280 e. The fourth-order valence-corrected chi connectivity index (χ4v) is 4.47. The predicted molar refractivity (Wildman–Crippen MR) is 116 cm³/mol. The standard InChI is InChI=1S/C21H14FN3O3S2/c22-14-4-5-16-19(11-14)30-21(24-16)25(23-12-15-2-1-9-29-15)20(26)13-3-6-17-18(10-13)28-8-7-27-17/h1-6,9-12H,7-8H2/b23-12+. The molecule has 0 spiro atoms. The van der Waals surface area contributed by atoms with Gasteiger partial charge in [-0.3, -0.25) is 4.79 Å². The number of hydrogen-bond acceptors (Lipinski definition) is 7. The van der Waals surface area contributed by atoms with E-state index in [1.165, 1.54) is 39.8 Å². The van der Waals surface area contributed by atoms with Gasteiger partial charge >= 0.3 is 0 Å². The van der Waals surface area contributed by atoms with Gasteiger partial charge in [-0.2, -0.15) is 10.1 Å². The number of thiophene rings is 1. The van der Waals surface area contributed by atoms with Gasteiger partial charge in [0.25, 0.3) is 5.91 Å². The number of fused-ring (bicyclic) bond motifs is 2. The first-order valence-electron chi connectivity index (χ1n) is 9.05. The van der Waals surface area contributed by atoms with E-state index in [-0.39, 0.29) is 11.7 Å². The molecule has 0 unspecified atom stereocenters. The Balaban J connectivity index is 1.55. The molecule has 30 heavy (non-hydrogen) atoms. The van der Waals surface area contributed by atoms with Crippen molar-refractivity contribution in [3.8, 4) is 11.5 Å². The van der Waals surface area contributed by atoms with Crippen molar-refractivity contribution in [3.63, 3.8) is 0 Å². The minimum atomic E-state index is -0.376. The largest absolute Gasteiger partial charge is 0.486 e. The van der Waals surface area contributed by atoms with Crippen molar-refractivity contribution in [2.75, 3.05) is 18.2 Å². The van der Waals surface area contributed by atoms with E-state index >= 15 is 0 Å². The number of hydrogen-bond donors (Lipinski definition) is 0. The maximum atomic E-state index is 13.6. The topological polar surface area (TPSA) is 64.0 Å². The molecular formula is C21H14FN3O3S2. The lowest BCUT2D eigenvalue weighted by Crippen LogP contribution is -2.26. The van der Waals surface area contributed by atoms with Crippen LogP contribution in [0.15, 0.2) is 59.0 Å². The van der Waals surface area contributed by atoms with Crippen molar-refractivity contribution >= 4 is 50.1 Å². The van der Waals surface area contributed by atoms with Crippen LogP contribution in [0.5, 0.6) is 11.5 Å². The van der Waals surface area contributed by atoms with E-state index in [0.717, 1.165) is 4.88 Å². The van der Waals surface area contributed by atoms with Crippen molar-refractivity contribution in [1.82, 2.24) is 4.98 Å². The van der Waals surface area contributed by atoms with Crippen LogP contribution in [0, 0.1) is 5.82 Å². The molecular weight excluding hydrogens is 425 g/mol. The Morgan fingerprint density at radius 3 is 2.83 bits per heavy atom. The van der Waals surface area contributed by atoms with Crippen molar-refractivity contribution in [2.45, 2.75) is 0 Å². The van der Waals surface area contributed by atoms with E-state index in [2.05, 4.69) is 10.1 Å². The first-order valence-corrected chi connectivity index (χ1v) is 10.7. The normalized spacial score (nSPS) is 13.1. The number of nitrogens with zero attached hydrogens (tertiary/aromatic N) is 3. The van der Waals surface area contributed by atoms with Gasteiger partial charge in [0.1, 0.15) is 19.0 Å². The number of carbonyl (C=O) groups is 1. The molecule has 9 heteroatoms. The van der Waals surface area contributed by atoms with E-state index in [4.69, 9.17) is 9.47 Å². The monoisotopic (exact) mass is 439 g/mol. The summed E-state index contributed by atoms with van der Waals surface area (Å²) in [5.41, 5.74) is 0.982. The molecule has 0 N–H and O–H groups in total. The first-order chi connectivity index (χ1) is 14.7. The third-order valence-electron chi connectivity index (χ3n) is 4.35. The molecule has 150 valence electrons. The Labute approximate surface area is 178 Å². The molecule has 3 heterocycles. The van der Waals surface area contributed by atoms with Crippen molar-refractivity contribution in [1.29, 1.82) is 0 Å². The van der Waals surface area contributed by atoms with Gasteiger partial charge in [0.05, 0.1) is 16.4 Å². The lowest BCUT2D eigenvalue weighted by Gasteiger charge is -2.19. The van der Waals surface area contributed by atoms with Crippen molar-refractivity contribution in [3.05, 3.63) is 70.2 Å². The number of hydrazone groups is 1. The highest BCUT2D eigenvalue weighted by molar-refractivity contribution is 7.22. The Kier molecular flexibility index (Phi) is 4.89. The molecule has 0 bridgehead atoms. The van der Waals surface area contributed by atoms with Gasteiger partial charge in [-0.1, -0.05) is 17.4 Å². The highest BCUT2D eigenvalue weighted by Gasteiger charge is 2.23. The first kappa shape index (κ1) is 18.7. The lowest BCUT2D eigenvalue weighted by molar-refractivity contribution is 0.0986. The van der Waals surface area contributed by atoms with Crippen molar-refractivity contribution < 1.29 is 18.7 Å². The summed E-state index contributed by atoms with van der Waals surface area (Å²) in [6.45, 7) is 0.897. The van der Waals surface area contributed by atoms with Crippen LogP contribution in [0.4, 0.5) is 9.52 Å². The molecule has 1 aliphatic heterocycles. The number of anilines is 1. The summed E-state index contributed by atoms with van der Waals surface area (Å²) >= 11 is 2.70. The van der Waals surface area contributed by atoms with E-state index in [1.807, 2.05) is 17.5 Å². The van der Waals surface area contributed by atoms with Gasteiger partial charge in [-0.05, 0) is 47.8 Å². The Morgan fingerprint density at radius 2 is 2.00 bits per heavy atom. The van der Waals surface area contributed by atoms with Gasteiger partial charge in [0.15, 0.2) is 11.5 Å². The number of halogens is 1. The summed E-state index contributed by atoms with van der Waals surface area (Å²) in [4.78, 5) is 18.7. The van der Waals surface area contributed by atoms with Crippen molar-refractivity contribution in [2.24, 2.45) is 5.10 Å². The molecule has 0 radical (unpaired) electrons. The molecule has 0 fully saturated rings. The van der Waals surface area contributed by atoms with Gasteiger partial charge in [-0.25, -0.2) is 9.37 Å². The van der Waals surface area contributed by atoms with Gasteiger partial charge in [0.2, 0.25) is 5.13 Å². The maximum absolute atomic E-state index is 13.6. The molecule has 2 aromatic heterocycles. The quantitative estimate of drug-likeness (QED) is 0.333. The van der Waals surface area contributed by atoms with Crippen LogP contribution < -0.4 is 14.5 Å². The number of ether oxygens (including phenoxy) is 2. The van der Waals surface area contributed by atoms with Crippen LogP contribution >= 0.6 is 22.7 Å². The number of thiazole rings is 1. The molecule has 1 amide bonds. The minimum Gasteiger partial charge on any atom is -0.486 e. The van der Waals surface area contributed by atoms with Gasteiger partial charge in [-0.15, -0.1) is 11.3 Å². The Hall–Kier alpha value is -3.30. The molecule has 6 nitrogen and oxygen atoms in total. The lowest BCUT2D eigenvalue weighted by atomic mass is 10.2. The Morgan fingerprint density at radius 1 is 1.13 bits per heavy atom. The summed E-state index contributed by atoms with van der Waals surface area (Å²) < 4.78 is 25.4. The van der Waals surface area contributed by atoms with Crippen LogP contribution in [-0.2, 0) is 0 Å². The Bertz CT molecular complexity index is 1250. The number of aromatic nitrogens is 1. The molecule has 2 aromatic carbocycles. The van der Waals surface area contributed by atoms with E-state index in [0.29, 0.717) is 45.6 Å². The number of amides is 1. The average Bonchev–Trinajstić information content (AvgIpc) is 3.43. The number of benzene rings is 2. The highest BCUT2D eigenvalue weighted by atomic mass is 32.1. The molecule has 0 saturated heterocycles. The zero-order chi connectivity index (χ0) is 20.5. The van der Waals surface area contributed by atoms with Crippen LogP contribution in [0.2, 0.25) is 0 Å². The minimum absolute atomic E-state index is 0.350. The zero-order valence-corrected chi connectivity index (χ0v) is 17.1. The molecule has 4 aromatic rings. The van der Waals surface area contributed by atoms with Crippen LogP contribution in [0.3, 0.4) is 0 Å². The average molecular weight is 439 g/mol. The fraction of sp³-hybridized carbons (Fsp3) is 0.0952. The summed E-state index contributed by atoms with van der Waals surface area (Å²) in [5.74, 6) is 0.381. The van der Waals surface area contributed by atoms with E-state index < -0.39 is 0 Å². The molecule has 0 saturated carbocycles. The smallest absolute Gasteiger partial charge is 0.280 e. The highest BCUT2D eigenvalue weighted by Crippen LogP contribution is 2.34. The van der Waals surface area contributed by atoms with Gasteiger partial charge in [0, 0.05) is 10.4 Å².